The highest BCUT2D eigenvalue weighted by atomic mass is 16.3. The van der Waals surface area contributed by atoms with Gasteiger partial charge < -0.3 is 15.0 Å². The smallest absolute Gasteiger partial charge is 0.221 e. The van der Waals surface area contributed by atoms with E-state index in [-0.39, 0.29) is 11.8 Å². The SMILES string of the molecule is CC(=O)Nc1cccc2c(O)n(-c3ccc4c(ccn4C)c3)cc12. The first-order valence-corrected chi connectivity index (χ1v) is 7.70. The Balaban J connectivity index is 1.92. The van der Waals surface area contributed by atoms with E-state index in [0.717, 1.165) is 22.0 Å². The van der Waals surface area contributed by atoms with Gasteiger partial charge in [0.1, 0.15) is 0 Å². The lowest BCUT2D eigenvalue weighted by atomic mass is 10.2. The number of aromatic nitrogens is 2. The highest BCUT2D eigenvalue weighted by molar-refractivity contribution is 6.03. The van der Waals surface area contributed by atoms with Gasteiger partial charge in [-0.05, 0) is 36.4 Å². The van der Waals surface area contributed by atoms with Gasteiger partial charge in [0.05, 0.1) is 5.69 Å². The van der Waals surface area contributed by atoms with E-state index in [9.17, 15) is 9.90 Å². The molecule has 0 aliphatic rings. The maximum absolute atomic E-state index is 11.4. The summed E-state index contributed by atoms with van der Waals surface area (Å²) in [5.41, 5.74) is 2.69. The van der Waals surface area contributed by atoms with Gasteiger partial charge in [-0.3, -0.25) is 9.36 Å². The van der Waals surface area contributed by atoms with Crippen LogP contribution >= 0.6 is 0 Å². The molecule has 5 nitrogen and oxygen atoms in total. The fourth-order valence-corrected chi connectivity index (χ4v) is 3.13. The van der Waals surface area contributed by atoms with Gasteiger partial charge in [0, 0.05) is 53.7 Å². The first-order valence-electron chi connectivity index (χ1n) is 7.70. The Morgan fingerprint density at radius 2 is 1.96 bits per heavy atom. The molecule has 0 atom stereocenters. The number of hydrogen-bond donors (Lipinski definition) is 2. The van der Waals surface area contributed by atoms with Gasteiger partial charge in [-0.25, -0.2) is 0 Å². The molecule has 2 aromatic carbocycles. The number of aryl methyl sites for hydroxylation is 1. The number of benzene rings is 2. The summed E-state index contributed by atoms with van der Waals surface area (Å²) in [5.74, 6) is 0.0212. The van der Waals surface area contributed by atoms with Crippen LogP contribution < -0.4 is 5.32 Å². The number of fused-ring (bicyclic) bond motifs is 2. The molecular formula is C19H17N3O2. The van der Waals surface area contributed by atoms with Crippen LogP contribution in [0.2, 0.25) is 0 Å². The minimum Gasteiger partial charge on any atom is -0.494 e. The standard InChI is InChI=1S/C19H17N3O2/c1-12(23)20-17-5-3-4-15-16(17)11-22(19(15)24)14-6-7-18-13(10-14)8-9-21(18)2/h3-11,24H,1-2H3,(H,20,23). The van der Waals surface area contributed by atoms with Gasteiger partial charge in [0.15, 0.2) is 0 Å². The summed E-state index contributed by atoms with van der Waals surface area (Å²) in [4.78, 5) is 11.4. The van der Waals surface area contributed by atoms with Crippen LogP contribution in [0.5, 0.6) is 5.88 Å². The second kappa shape index (κ2) is 5.16. The van der Waals surface area contributed by atoms with Crippen molar-refractivity contribution in [2.24, 2.45) is 7.05 Å². The molecule has 0 aliphatic heterocycles. The number of hydrogen-bond acceptors (Lipinski definition) is 2. The van der Waals surface area contributed by atoms with Gasteiger partial charge >= 0.3 is 0 Å². The maximum atomic E-state index is 11.4. The molecule has 0 fully saturated rings. The molecule has 0 unspecified atom stereocenters. The second-order valence-corrected chi connectivity index (χ2v) is 5.94. The van der Waals surface area contributed by atoms with Crippen LogP contribution in [0.3, 0.4) is 0 Å². The second-order valence-electron chi connectivity index (χ2n) is 5.94. The molecule has 0 radical (unpaired) electrons. The molecule has 4 rings (SSSR count). The lowest BCUT2D eigenvalue weighted by Crippen LogP contribution is -2.05. The predicted molar refractivity (Wildman–Crippen MR) is 95.7 cm³/mol. The fourth-order valence-electron chi connectivity index (χ4n) is 3.13. The van der Waals surface area contributed by atoms with Gasteiger partial charge in [0.2, 0.25) is 11.8 Å². The van der Waals surface area contributed by atoms with Crippen molar-refractivity contribution in [2.45, 2.75) is 6.92 Å². The Bertz CT molecular complexity index is 1090. The van der Waals surface area contributed by atoms with Crippen LogP contribution in [0.4, 0.5) is 5.69 Å². The zero-order chi connectivity index (χ0) is 16.8. The summed E-state index contributed by atoms with van der Waals surface area (Å²) in [6.07, 6.45) is 3.86. The van der Waals surface area contributed by atoms with Crippen molar-refractivity contribution in [1.82, 2.24) is 9.13 Å². The Morgan fingerprint density at radius 1 is 1.12 bits per heavy atom. The number of rotatable bonds is 2. The summed E-state index contributed by atoms with van der Waals surface area (Å²) in [7, 11) is 2.00. The largest absolute Gasteiger partial charge is 0.494 e. The van der Waals surface area contributed by atoms with E-state index in [1.807, 2.05) is 61.9 Å². The van der Waals surface area contributed by atoms with Crippen LogP contribution in [-0.4, -0.2) is 20.1 Å². The normalized spacial score (nSPS) is 11.2. The Morgan fingerprint density at radius 3 is 2.75 bits per heavy atom. The van der Waals surface area contributed by atoms with Crippen LogP contribution in [0.15, 0.2) is 54.9 Å². The zero-order valence-electron chi connectivity index (χ0n) is 13.4. The minimum atomic E-state index is -0.138. The molecule has 4 aromatic rings. The van der Waals surface area contributed by atoms with E-state index in [0.29, 0.717) is 11.1 Å². The highest BCUT2D eigenvalue weighted by Crippen LogP contribution is 2.35. The molecular weight excluding hydrogens is 302 g/mol. The topological polar surface area (TPSA) is 59.2 Å². The van der Waals surface area contributed by atoms with E-state index >= 15 is 0 Å². The van der Waals surface area contributed by atoms with Crippen molar-refractivity contribution in [3.05, 3.63) is 54.9 Å². The monoisotopic (exact) mass is 319 g/mol. The molecule has 5 heteroatoms. The molecule has 0 aliphatic carbocycles. The van der Waals surface area contributed by atoms with E-state index in [1.165, 1.54) is 6.92 Å². The Labute approximate surface area is 138 Å². The van der Waals surface area contributed by atoms with Crippen molar-refractivity contribution in [1.29, 1.82) is 0 Å². The van der Waals surface area contributed by atoms with Crippen LogP contribution in [0, 0.1) is 0 Å². The third-order valence-electron chi connectivity index (χ3n) is 4.29. The highest BCUT2D eigenvalue weighted by Gasteiger charge is 2.13. The predicted octanol–water partition coefficient (Wildman–Crippen LogP) is 3.79. The van der Waals surface area contributed by atoms with E-state index in [4.69, 9.17) is 0 Å². The van der Waals surface area contributed by atoms with Crippen molar-refractivity contribution >= 4 is 33.3 Å². The molecule has 120 valence electrons. The van der Waals surface area contributed by atoms with Gasteiger partial charge in [0.25, 0.3) is 0 Å². The van der Waals surface area contributed by atoms with E-state index < -0.39 is 0 Å². The average molecular weight is 319 g/mol. The van der Waals surface area contributed by atoms with Crippen LogP contribution in [-0.2, 0) is 11.8 Å². The van der Waals surface area contributed by atoms with E-state index in [2.05, 4.69) is 9.88 Å². The summed E-state index contributed by atoms with van der Waals surface area (Å²) < 4.78 is 3.79. The van der Waals surface area contributed by atoms with Gasteiger partial charge in [-0.1, -0.05) is 6.07 Å². The van der Waals surface area contributed by atoms with E-state index in [1.54, 1.807) is 4.57 Å². The number of nitrogens with one attached hydrogen (secondary N) is 1. The first kappa shape index (κ1) is 14.4. The Kier molecular flexibility index (Phi) is 3.09. The molecule has 2 aromatic heterocycles. The Hall–Kier alpha value is -3.21. The van der Waals surface area contributed by atoms with Crippen molar-refractivity contribution < 1.29 is 9.90 Å². The zero-order valence-corrected chi connectivity index (χ0v) is 13.4. The molecule has 2 heterocycles. The molecule has 2 N–H and O–H groups in total. The minimum absolute atomic E-state index is 0.138. The van der Waals surface area contributed by atoms with Crippen LogP contribution in [0.25, 0.3) is 27.4 Å². The summed E-state index contributed by atoms with van der Waals surface area (Å²) in [6, 6.07) is 13.6. The molecule has 0 saturated heterocycles. The maximum Gasteiger partial charge on any atom is 0.221 e. The van der Waals surface area contributed by atoms with Crippen molar-refractivity contribution in [3.8, 4) is 11.6 Å². The third kappa shape index (κ3) is 2.13. The molecule has 24 heavy (non-hydrogen) atoms. The average Bonchev–Trinajstić information content (AvgIpc) is 3.09. The number of anilines is 1. The lowest BCUT2D eigenvalue weighted by Gasteiger charge is -2.05. The number of nitrogens with zero attached hydrogens (tertiary/aromatic N) is 2. The summed E-state index contributed by atoms with van der Waals surface area (Å²) in [6.45, 7) is 1.47. The number of amides is 1. The summed E-state index contributed by atoms with van der Waals surface area (Å²) in [5, 5.41) is 16.0. The molecule has 0 saturated carbocycles. The van der Waals surface area contributed by atoms with Gasteiger partial charge in [-0.2, -0.15) is 0 Å². The van der Waals surface area contributed by atoms with Crippen molar-refractivity contribution in [3.63, 3.8) is 0 Å². The number of carbonyl (C=O) groups excluding carboxylic acids is 1. The van der Waals surface area contributed by atoms with Gasteiger partial charge in [-0.15, -0.1) is 0 Å². The van der Waals surface area contributed by atoms with Crippen LogP contribution in [0.1, 0.15) is 6.92 Å². The third-order valence-corrected chi connectivity index (χ3v) is 4.29. The molecule has 0 bridgehead atoms. The lowest BCUT2D eigenvalue weighted by molar-refractivity contribution is -0.114. The first-order chi connectivity index (χ1) is 11.5. The number of aromatic hydroxyl groups is 1. The molecule has 1 amide bonds. The molecule has 0 spiro atoms. The van der Waals surface area contributed by atoms with Crippen molar-refractivity contribution in [2.75, 3.05) is 5.32 Å². The number of carbonyl (C=O) groups is 1. The quantitative estimate of drug-likeness (QED) is 0.590. The summed E-state index contributed by atoms with van der Waals surface area (Å²) >= 11 is 0. The fraction of sp³-hybridized carbons (Fsp3) is 0.105.